The topological polar surface area (TPSA) is 39.1 Å². The maximum absolute atomic E-state index is 8.66. The minimum absolute atomic E-state index is 0.237. The number of likely N-dealkylation sites (tertiary alicyclic amines) is 1. The van der Waals surface area contributed by atoms with Crippen LogP contribution in [0.2, 0.25) is 0 Å². The van der Waals surface area contributed by atoms with Crippen molar-refractivity contribution in [2.24, 2.45) is 5.92 Å². The first-order valence-electron chi connectivity index (χ1n) is 4.14. The lowest BCUT2D eigenvalue weighted by molar-refractivity contribution is 0.301. The lowest BCUT2D eigenvalue weighted by Crippen LogP contribution is -2.42. The maximum Gasteiger partial charge on any atom is 0.168 e. The second-order valence-corrected chi connectivity index (χ2v) is 3.33. The van der Waals surface area contributed by atoms with E-state index in [9.17, 15) is 0 Å². The lowest BCUT2D eigenvalue weighted by atomic mass is 9.99. The average molecular weight is 183 g/mol. The van der Waals surface area contributed by atoms with E-state index < -0.39 is 0 Å². The largest absolute Gasteiger partial charge is 0.366 e. The van der Waals surface area contributed by atoms with Crippen LogP contribution in [-0.2, 0) is 0 Å². The van der Waals surface area contributed by atoms with Crippen molar-refractivity contribution in [3.63, 3.8) is 0 Å². The molecule has 4 heteroatoms. The Morgan fingerprint density at radius 1 is 1.58 bits per heavy atom. The van der Waals surface area contributed by atoms with E-state index >= 15 is 0 Å². The van der Waals surface area contributed by atoms with E-state index in [2.05, 4.69) is 16.3 Å². The first-order chi connectivity index (χ1) is 5.77. The van der Waals surface area contributed by atoms with Crippen LogP contribution < -0.4 is 5.32 Å². The molecule has 1 fully saturated rings. The van der Waals surface area contributed by atoms with Gasteiger partial charge in [0.25, 0.3) is 0 Å². The molecule has 1 N–H and O–H groups in total. The smallest absolute Gasteiger partial charge is 0.168 e. The number of nitrogens with zero attached hydrogens (tertiary/aromatic N) is 2. The maximum atomic E-state index is 8.66. The van der Waals surface area contributed by atoms with E-state index in [-0.39, 0.29) is 5.92 Å². The van der Waals surface area contributed by atoms with Gasteiger partial charge in [0.2, 0.25) is 0 Å². The first-order valence-corrected chi connectivity index (χ1v) is 4.55. The number of thiocarbonyl (C=S) groups is 1. The first kappa shape index (κ1) is 9.27. The van der Waals surface area contributed by atoms with Crippen LogP contribution in [-0.4, -0.2) is 30.1 Å². The molecule has 1 aliphatic heterocycles. The number of hydrogen-bond donors (Lipinski definition) is 1. The van der Waals surface area contributed by atoms with Gasteiger partial charge in [0.15, 0.2) is 5.11 Å². The Balaban J connectivity index is 2.37. The van der Waals surface area contributed by atoms with Crippen LogP contribution >= 0.6 is 12.2 Å². The Kier molecular flexibility index (Phi) is 3.30. The molecular weight excluding hydrogens is 170 g/mol. The molecule has 1 rings (SSSR count). The zero-order valence-electron chi connectivity index (χ0n) is 7.21. The van der Waals surface area contributed by atoms with Crippen LogP contribution in [0, 0.1) is 17.2 Å². The van der Waals surface area contributed by atoms with Crippen LogP contribution in [0.5, 0.6) is 0 Å². The van der Waals surface area contributed by atoms with Crippen molar-refractivity contribution in [1.82, 2.24) is 10.2 Å². The van der Waals surface area contributed by atoms with Gasteiger partial charge < -0.3 is 10.2 Å². The van der Waals surface area contributed by atoms with Crippen molar-refractivity contribution in [2.75, 3.05) is 20.1 Å². The summed E-state index contributed by atoms with van der Waals surface area (Å²) < 4.78 is 0. The molecule has 66 valence electrons. The van der Waals surface area contributed by atoms with E-state index in [1.54, 1.807) is 0 Å². The number of nitrogens with one attached hydrogen (secondary N) is 1. The summed E-state index contributed by atoms with van der Waals surface area (Å²) in [5, 5.41) is 12.4. The number of hydrogen-bond acceptors (Lipinski definition) is 2. The van der Waals surface area contributed by atoms with Gasteiger partial charge in [-0.3, -0.25) is 0 Å². The van der Waals surface area contributed by atoms with E-state index in [0.29, 0.717) is 0 Å². The number of piperidine rings is 1. The molecule has 0 unspecified atom stereocenters. The van der Waals surface area contributed by atoms with Gasteiger partial charge >= 0.3 is 0 Å². The fourth-order valence-electron chi connectivity index (χ4n) is 1.37. The Morgan fingerprint density at radius 3 is 2.58 bits per heavy atom. The highest BCUT2D eigenvalue weighted by Crippen LogP contribution is 2.15. The van der Waals surface area contributed by atoms with Gasteiger partial charge in [0, 0.05) is 26.1 Å². The van der Waals surface area contributed by atoms with Crippen LogP contribution in [0.25, 0.3) is 0 Å². The van der Waals surface area contributed by atoms with Gasteiger partial charge in [-0.15, -0.1) is 0 Å². The van der Waals surface area contributed by atoms with Gasteiger partial charge in [0.1, 0.15) is 0 Å². The quantitative estimate of drug-likeness (QED) is 0.562. The van der Waals surface area contributed by atoms with Crippen molar-refractivity contribution in [1.29, 1.82) is 5.26 Å². The molecule has 0 aromatic carbocycles. The molecule has 12 heavy (non-hydrogen) atoms. The second-order valence-electron chi connectivity index (χ2n) is 2.95. The summed E-state index contributed by atoms with van der Waals surface area (Å²) in [6.07, 6.45) is 1.89. The molecule has 1 aliphatic rings. The van der Waals surface area contributed by atoms with Gasteiger partial charge in [-0.1, -0.05) is 0 Å². The molecule has 0 aromatic heterocycles. The summed E-state index contributed by atoms with van der Waals surface area (Å²) in [4.78, 5) is 2.11. The van der Waals surface area contributed by atoms with Crippen molar-refractivity contribution in [2.45, 2.75) is 12.8 Å². The van der Waals surface area contributed by atoms with Gasteiger partial charge in [-0.2, -0.15) is 5.26 Å². The summed E-state index contributed by atoms with van der Waals surface area (Å²) in [5.41, 5.74) is 0. The second kappa shape index (κ2) is 4.27. The fraction of sp³-hybridized carbons (Fsp3) is 0.750. The highest BCUT2D eigenvalue weighted by atomic mass is 32.1. The minimum atomic E-state index is 0.237. The van der Waals surface area contributed by atoms with E-state index in [1.807, 2.05) is 7.05 Å². The summed E-state index contributed by atoms with van der Waals surface area (Å²) in [5.74, 6) is 0.237. The molecule has 0 spiro atoms. The van der Waals surface area contributed by atoms with E-state index in [1.165, 1.54) is 0 Å². The van der Waals surface area contributed by atoms with Crippen LogP contribution in [0.15, 0.2) is 0 Å². The number of nitriles is 1. The predicted molar refractivity (Wildman–Crippen MR) is 51.6 cm³/mol. The molecule has 1 heterocycles. The van der Waals surface area contributed by atoms with E-state index in [4.69, 9.17) is 17.5 Å². The molecule has 0 aliphatic carbocycles. The Bertz CT molecular complexity index is 201. The molecule has 0 aromatic rings. The Hall–Kier alpha value is -0.820. The normalized spacial score (nSPS) is 18.5. The third kappa shape index (κ3) is 2.08. The Labute approximate surface area is 78.3 Å². The lowest BCUT2D eigenvalue weighted by Gasteiger charge is -2.30. The van der Waals surface area contributed by atoms with Crippen molar-refractivity contribution >= 4 is 17.3 Å². The Morgan fingerprint density at radius 2 is 2.17 bits per heavy atom. The summed E-state index contributed by atoms with van der Waals surface area (Å²) in [6.45, 7) is 1.83. The molecule has 3 nitrogen and oxygen atoms in total. The van der Waals surface area contributed by atoms with Crippen molar-refractivity contribution in [3.8, 4) is 6.07 Å². The summed E-state index contributed by atoms with van der Waals surface area (Å²) in [6, 6.07) is 2.29. The third-order valence-electron chi connectivity index (χ3n) is 2.18. The monoisotopic (exact) mass is 183 g/mol. The average Bonchev–Trinajstić information content (AvgIpc) is 2.17. The molecule has 1 saturated heterocycles. The van der Waals surface area contributed by atoms with Crippen LogP contribution in [0.3, 0.4) is 0 Å². The molecular formula is C8H13N3S. The molecule has 0 atom stereocenters. The zero-order chi connectivity index (χ0) is 8.97. The zero-order valence-corrected chi connectivity index (χ0v) is 8.02. The highest BCUT2D eigenvalue weighted by molar-refractivity contribution is 7.80. The van der Waals surface area contributed by atoms with Gasteiger partial charge in [0.05, 0.1) is 6.07 Å². The van der Waals surface area contributed by atoms with Gasteiger partial charge in [-0.25, -0.2) is 0 Å². The summed E-state index contributed by atoms with van der Waals surface area (Å²) in [7, 11) is 1.83. The molecule has 0 amide bonds. The predicted octanol–water partition coefficient (Wildman–Crippen LogP) is 0.726. The van der Waals surface area contributed by atoms with Crippen LogP contribution in [0.4, 0.5) is 0 Å². The molecule has 0 radical (unpaired) electrons. The molecule has 0 saturated carbocycles. The highest BCUT2D eigenvalue weighted by Gasteiger charge is 2.19. The SMILES string of the molecule is CNC(=S)N1CCC(C#N)CC1. The van der Waals surface area contributed by atoms with Crippen molar-refractivity contribution < 1.29 is 0 Å². The van der Waals surface area contributed by atoms with Gasteiger partial charge in [-0.05, 0) is 25.1 Å². The summed E-state index contributed by atoms with van der Waals surface area (Å²) >= 11 is 5.08. The van der Waals surface area contributed by atoms with Crippen LogP contribution in [0.1, 0.15) is 12.8 Å². The number of rotatable bonds is 0. The van der Waals surface area contributed by atoms with E-state index in [0.717, 1.165) is 31.0 Å². The minimum Gasteiger partial charge on any atom is -0.366 e. The molecule has 0 bridgehead atoms. The third-order valence-corrected chi connectivity index (χ3v) is 2.64. The van der Waals surface area contributed by atoms with Crippen molar-refractivity contribution in [3.05, 3.63) is 0 Å². The standard InChI is InChI=1S/C8H13N3S/c1-10-8(12)11-4-2-7(6-9)3-5-11/h7H,2-5H2,1H3,(H,10,12). The fourth-order valence-corrected chi connectivity index (χ4v) is 1.55.